The summed E-state index contributed by atoms with van der Waals surface area (Å²) in [4.78, 5) is 17.4. The maximum Gasteiger partial charge on any atom is 0.239 e. The largest absolute Gasteiger partial charge is 0.381 e. The van der Waals surface area contributed by atoms with Crippen molar-refractivity contribution in [3.63, 3.8) is 0 Å². The Balaban J connectivity index is 1.46. The smallest absolute Gasteiger partial charge is 0.239 e. The standard InChI is InChI=1S/C19H35N3O2/c20-18(17-7-13-24-14-8-17)19(23)22-10-4-9-21(11-12-22)15-16-5-2-1-3-6-16/h16-18H,1-15,20H2. The Morgan fingerprint density at radius 2 is 1.71 bits per heavy atom. The lowest BCUT2D eigenvalue weighted by Crippen LogP contribution is -2.50. The number of carbonyl (C=O) groups is 1. The first kappa shape index (κ1) is 18.2. The molecule has 0 aromatic rings. The predicted molar refractivity (Wildman–Crippen MR) is 95.7 cm³/mol. The number of rotatable bonds is 4. The summed E-state index contributed by atoms with van der Waals surface area (Å²) < 4.78 is 5.39. The molecule has 3 aliphatic rings. The molecule has 1 unspecified atom stereocenters. The molecule has 1 atom stereocenters. The van der Waals surface area contributed by atoms with Crippen molar-refractivity contribution in [3.05, 3.63) is 0 Å². The molecule has 1 amide bonds. The second-order valence-corrected chi connectivity index (χ2v) is 7.96. The van der Waals surface area contributed by atoms with Gasteiger partial charge in [-0.05, 0) is 50.5 Å². The average Bonchev–Trinajstić information content (AvgIpc) is 2.88. The van der Waals surface area contributed by atoms with Gasteiger partial charge >= 0.3 is 0 Å². The van der Waals surface area contributed by atoms with E-state index in [-0.39, 0.29) is 11.9 Å². The highest BCUT2D eigenvalue weighted by atomic mass is 16.5. The van der Waals surface area contributed by atoms with Crippen molar-refractivity contribution in [1.82, 2.24) is 9.80 Å². The zero-order valence-electron chi connectivity index (χ0n) is 15.1. The van der Waals surface area contributed by atoms with Gasteiger partial charge in [0, 0.05) is 39.4 Å². The third-order valence-electron chi connectivity index (χ3n) is 6.20. The summed E-state index contributed by atoms with van der Waals surface area (Å²) in [7, 11) is 0. The van der Waals surface area contributed by atoms with Gasteiger partial charge in [-0.15, -0.1) is 0 Å². The van der Waals surface area contributed by atoms with Crippen molar-refractivity contribution < 1.29 is 9.53 Å². The maximum atomic E-state index is 12.8. The molecule has 2 saturated heterocycles. The van der Waals surface area contributed by atoms with Gasteiger partial charge in [0.15, 0.2) is 0 Å². The topological polar surface area (TPSA) is 58.8 Å². The predicted octanol–water partition coefficient (Wildman–Crippen LogP) is 1.85. The Morgan fingerprint density at radius 1 is 0.958 bits per heavy atom. The van der Waals surface area contributed by atoms with Crippen molar-refractivity contribution in [2.75, 3.05) is 45.9 Å². The van der Waals surface area contributed by atoms with Gasteiger partial charge in [0.1, 0.15) is 0 Å². The van der Waals surface area contributed by atoms with Crippen LogP contribution in [0.1, 0.15) is 51.4 Å². The monoisotopic (exact) mass is 337 g/mol. The Labute approximate surface area is 146 Å². The first-order chi connectivity index (χ1) is 11.7. The molecular formula is C19H35N3O2. The van der Waals surface area contributed by atoms with Gasteiger partial charge in [0.25, 0.3) is 0 Å². The average molecular weight is 338 g/mol. The molecule has 24 heavy (non-hydrogen) atoms. The Kier molecular flexibility index (Phi) is 6.93. The number of amides is 1. The molecular weight excluding hydrogens is 302 g/mol. The Bertz CT molecular complexity index is 392. The van der Waals surface area contributed by atoms with Crippen LogP contribution in [0.2, 0.25) is 0 Å². The van der Waals surface area contributed by atoms with E-state index in [0.29, 0.717) is 5.92 Å². The number of nitrogens with two attached hydrogens (primary N) is 1. The van der Waals surface area contributed by atoms with Gasteiger partial charge in [-0.2, -0.15) is 0 Å². The molecule has 138 valence electrons. The van der Waals surface area contributed by atoms with Crippen LogP contribution in [0.5, 0.6) is 0 Å². The number of ether oxygens (including phenoxy) is 1. The molecule has 2 N–H and O–H groups in total. The summed E-state index contributed by atoms with van der Waals surface area (Å²) in [5.74, 6) is 1.35. The molecule has 0 spiro atoms. The zero-order valence-corrected chi connectivity index (χ0v) is 15.1. The molecule has 3 rings (SSSR count). The van der Waals surface area contributed by atoms with E-state index in [1.165, 1.54) is 38.6 Å². The van der Waals surface area contributed by atoms with E-state index in [2.05, 4.69) is 4.90 Å². The summed E-state index contributed by atoms with van der Waals surface area (Å²) in [5.41, 5.74) is 6.30. The van der Waals surface area contributed by atoms with Crippen LogP contribution in [0, 0.1) is 11.8 Å². The van der Waals surface area contributed by atoms with Crippen LogP contribution in [-0.2, 0) is 9.53 Å². The lowest BCUT2D eigenvalue weighted by molar-refractivity contribution is -0.134. The maximum absolute atomic E-state index is 12.8. The van der Waals surface area contributed by atoms with Crippen LogP contribution < -0.4 is 5.73 Å². The van der Waals surface area contributed by atoms with E-state index >= 15 is 0 Å². The molecule has 0 radical (unpaired) electrons. The molecule has 1 saturated carbocycles. The molecule has 0 bridgehead atoms. The molecule has 5 heteroatoms. The quantitative estimate of drug-likeness (QED) is 0.851. The van der Waals surface area contributed by atoms with Gasteiger partial charge in [-0.3, -0.25) is 4.79 Å². The third kappa shape index (κ3) is 4.93. The van der Waals surface area contributed by atoms with Crippen LogP contribution in [0.3, 0.4) is 0 Å². The first-order valence-corrected chi connectivity index (χ1v) is 10.1. The summed E-state index contributed by atoms with van der Waals surface area (Å²) >= 11 is 0. The molecule has 2 heterocycles. The van der Waals surface area contributed by atoms with Crippen molar-refractivity contribution in [2.45, 2.75) is 57.4 Å². The molecule has 2 aliphatic heterocycles. The fourth-order valence-electron chi connectivity index (χ4n) is 4.60. The highest BCUT2D eigenvalue weighted by Gasteiger charge is 2.31. The SMILES string of the molecule is NC(C(=O)N1CCCN(CC2CCCCC2)CC1)C1CCOCC1. The van der Waals surface area contributed by atoms with E-state index in [0.717, 1.165) is 64.6 Å². The third-order valence-corrected chi connectivity index (χ3v) is 6.20. The number of hydrogen-bond donors (Lipinski definition) is 1. The number of hydrogen-bond acceptors (Lipinski definition) is 4. The summed E-state index contributed by atoms with van der Waals surface area (Å²) in [5, 5.41) is 0. The first-order valence-electron chi connectivity index (χ1n) is 10.1. The van der Waals surface area contributed by atoms with E-state index < -0.39 is 0 Å². The van der Waals surface area contributed by atoms with E-state index in [4.69, 9.17) is 10.5 Å². The zero-order chi connectivity index (χ0) is 16.8. The minimum Gasteiger partial charge on any atom is -0.381 e. The number of nitrogens with zero attached hydrogens (tertiary/aromatic N) is 2. The van der Waals surface area contributed by atoms with Gasteiger partial charge in [-0.25, -0.2) is 0 Å². The molecule has 0 aromatic heterocycles. The van der Waals surface area contributed by atoms with Crippen molar-refractivity contribution >= 4 is 5.91 Å². The second kappa shape index (κ2) is 9.16. The minimum atomic E-state index is -0.334. The molecule has 5 nitrogen and oxygen atoms in total. The van der Waals surface area contributed by atoms with Gasteiger partial charge in [0.05, 0.1) is 6.04 Å². The van der Waals surface area contributed by atoms with Crippen LogP contribution in [0.15, 0.2) is 0 Å². The van der Waals surface area contributed by atoms with Crippen LogP contribution in [0.25, 0.3) is 0 Å². The molecule has 3 fully saturated rings. The summed E-state index contributed by atoms with van der Waals surface area (Å²) in [6.07, 6.45) is 9.96. The highest BCUT2D eigenvalue weighted by molar-refractivity contribution is 5.82. The van der Waals surface area contributed by atoms with E-state index in [1.807, 2.05) is 4.90 Å². The van der Waals surface area contributed by atoms with E-state index in [9.17, 15) is 4.79 Å². The lowest BCUT2D eigenvalue weighted by atomic mass is 9.89. The molecule has 0 aromatic carbocycles. The highest BCUT2D eigenvalue weighted by Crippen LogP contribution is 2.25. The second-order valence-electron chi connectivity index (χ2n) is 7.96. The van der Waals surface area contributed by atoms with Gasteiger partial charge in [0.2, 0.25) is 5.91 Å². The van der Waals surface area contributed by atoms with Crippen LogP contribution in [0.4, 0.5) is 0 Å². The molecule has 1 aliphatic carbocycles. The van der Waals surface area contributed by atoms with Crippen LogP contribution >= 0.6 is 0 Å². The van der Waals surface area contributed by atoms with E-state index in [1.54, 1.807) is 0 Å². The fraction of sp³-hybridized carbons (Fsp3) is 0.947. The summed E-state index contributed by atoms with van der Waals surface area (Å²) in [6.45, 7) is 6.60. The van der Waals surface area contributed by atoms with Gasteiger partial charge in [-0.1, -0.05) is 19.3 Å². The van der Waals surface area contributed by atoms with Crippen LogP contribution in [-0.4, -0.2) is 67.7 Å². The normalized spacial score (nSPS) is 27.0. The van der Waals surface area contributed by atoms with Crippen molar-refractivity contribution in [1.29, 1.82) is 0 Å². The van der Waals surface area contributed by atoms with Crippen molar-refractivity contribution in [3.8, 4) is 0 Å². The Morgan fingerprint density at radius 3 is 2.46 bits per heavy atom. The Hall–Kier alpha value is -0.650. The number of carbonyl (C=O) groups excluding carboxylic acids is 1. The van der Waals surface area contributed by atoms with Crippen molar-refractivity contribution in [2.24, 2.45) is 17.6 Å². The lowest BCUT2D eigenvalue weighted by Gasteiger charge is -2.31. The minimum absolute atomic E-state index is 0.168. The fourth-order valence-corrected chi connectivity index (χ4v) is 4.60. The van der Waals surface area contributed by atoms with Gasteiger partial charge < -0.3 is 20.3 Å². The summed E-state index contributed by atoms with van der Waals surface area (Å²) in [6, 6.07) is -0.334.